The zero-order valence-corrected chi connectivity index (χ0v) is 12.8. The van der Waals surface area contributed by atoms with E-state index in [9.17, 15) is 36.7 Å². The van der Waals surface area contributed by atoms with Gasteiger partial charge in [0.05, 0.1) is 37.0 Å². The fourth-order valence-corrected chi connectivity index (χ4v) is 2.57. The number of hydrogen-bond acceptors (Lipinski definition) is 4. The van der Waals surface area contributed by atoms with Gasteiger partial charge in [-0.2, -0.15) is 31.6 Å². The van der Waals surface area contributed by atoms with Gasteiger partial charge in [-0.15, -0.1) is 0 Å². The van der Waals surface area contributed by atoms with E-state index in [0.29, 0.717) is 12.1 Å². The van der Waals surface area contributed by atoms with E-state index in [4.69, 9.17) is 4.74 Å². The first-order valence-corrected chi connectivity index (χ1v) is 7.15. The van der Waals surface area contributed by atoms with Crippen LogP contribution in [-0.2, 0) is 23.6 Å². The van der Waals surface area contributed by atoms with E-state index in [1.807, 2.05) is 6.07 Å². The molecule has 1 N–H and O–H groups in total. The second-order valence-corrected chi connectivity index (χ2v) is 5.69. The molecule has 0 saturated carbocycles. The van der Waals surface area contributed by atoms with Gasteiger partial charge in [-0.25, -0.2) is 0 Å². The Morgan fingerprint density at radius 2 is 1.68 bits per heavy atom. The van der Waals surface area contributed by atoms with E-state index < -0.39 is 35.6 Å². The second kappa shape index (κ2) is 6.82. The van der Waals surface area contributed by atoms with E-state index >= 15 is 0 Å². The number of ether oxygens (including phenoxy) is 1. The summed E-state index contributed by atoms with van der Waals surface area (Å²) in [4.78, 5) is 1.33. The maximum Gasteiger partial charge on any atom is 0.416 e. The highest BCUT2D eigenvalue weighted by atomic mass is 19.4. The molecule has 138 valence electrons. The molecule has 1 saturated heterocycles. The number of nitrogens with zero attached hydrogens (tertiary/aromatic N) is 2. The molecule has 1 atom stereocenters. The van der Waals surface area contributed by atoms with Gasteiger partial charge in [0.25, 0.3) is 0 Å². The molecule has 0 aromatic heterocycles. The van der Waals surface area contributed by atoms with Crippen LogP contribution in [-0.4, -0.2) is 41.9 Å². The molecular formula is C15H14F6N2O2. The Morgan fingerprint density at radius 3 is 2.12 bits per heavy atom. The van der Waals surface area contributed by atoms with E-state index in [-0.39, 0.29) is 37.9 Å². The predicted octanol–water partition coefficient (Wildman–Crippen LogP) is 2.81. The first-order chi connectivity index (χ1) is 11.5. The fraction of sp³-hybridized carbons (Fsp3) is 0.533. The highest BCUT2D eigenvalue weighted by Gasteiger charge is 2.41. The minimum absolute atomic E-state index is 0.0480. The molecule has 1 aromatic carbocycles. The van der Waals surface area contributed by atoms with Crippen LogP contribution in [0.4, 0.5) is 26.3 Å². The van der Waals surface area contributed by atoms with Gasteiger partial charge in [0.2, 0.25) is 0 Å². The van der Waals surface area contributed by atoms with Crippen molar-refractivity contribution in [3.05, 3.63) is 34.9 Å². The normalized spacial score (nSPS) is 22.6. The number of benzene rings is 1. The number of morpholine rings is 1. The Balaban J connectivity index is 2.43. The molecule has 2 rings (SSSR count). The number of hydrogen-bond donors (Lipinski definition) is 1. The zero-order valence-electron chi connectivity index (χ0n) is 12.8. The maximum absolute atomic E-state index is 12.9. The average Bonchev–Trinajstić information content (AvgIpc) is 2.53. The summed E-state index contributed by atoms with van der Waals surface area (Å²) in [6.45, 7) is -0.968. The lowest BCUT2D eigenvalue weighted by molar-refractivity contribution is -0.143. The van der Waals surface area contributed by atoms with Crippen LogP contribution in [0.5, 0.6) is 0 Å². The van der Waals surface area contributed by atoms with Gasteiger partial charge < -0.3 is 9.84 Å². The quantitative estimate of drug-likeness (QED) is 0.834. The van der Waals surface area contributed by atoms with Crippen LogP contribution in [0.2, 0.25) is 0 Å². The van der Waals surface area contributed by atoms with E-state index in [0.717, 1.165) is 0 Å². The number of nitriles is 1. The van der Waals surface area contributed by atoms with Crippen LogP contribution in [0.3, 0.4) is 0 Å². The van der Waals surface area contributed by atoms with E-state index in [1.54, 1.807) is 0 Å². The molecule has 1 aliphatic rings. The summed E-state index contributed by atoms with van der Waals surface area (Å²) in [5.41, 5.74) is -4.60. The summed E-state index contributed by atoms with van der Waals surface area (Å²) < 4.78 is 82.5. The number of aliphatic hydroxyl groups excluding tert-OH is 1. The minimum Gasteiger partial charge on any atom is -0.393 e. The smallest absolute Gasteiger partial charge is 0.393 e. The Kier molecular flexibility index (Phi) is 5.32. The summed E-state index contributed by atoms with van der Waals surface area (Å²) in [7, 11) is 0. The van der Waals surface area contributed by atoms with Crippen molar-refractivity contribution in [3.63, 3.8) is 0 Å². The van der Waals surface area contributed by atoms with Crippen LogP contribution in [0.15, 0.2) is 18.2 Å². The van der Waals surface area contributed by atoms with Gasteiger partial charge in [0.1, 0.15) is 0 Å². The van der Waals surface area contributed by atoms with E-state index in [1.165, 1.54) is 4.90 Å². The van der Waals surface area contributed by atoms with Crippen molar-refractivity contribution in [2.45, 2.75) is 24.4 Å². The molecule has 0 bridgehead atoms. The summed E-state index contributed by atoms with van der Waals surface area (Å²) in [5, 5.41) is 18.7. The van der Waals surface area contributed by atoms with Crippen LogP contribution in [0.1, 0.15) is 16.7 Å². The molecule has 0 spiro atoms. The minimum atomic E-state index is -4.94. The molecule has 0 unspecified atom stereocenters. The summed E-state index contributed by atoms with van der Waals surface area (Å²) in [6.07, 6.45) is -9.88. The molecule has 1 fully saturated rings. The van der Waals surface area contributed by atoms with Crippen LogP contribution >= 0.6 is 0 Å². The molecule has 1 heterocycles. The second-order valence-electron chi connectivity index (χ2n) is 5.69. The largest absolute Gasteiger partial charge is 0.416 e. The number of aliphatic hydroxyl groups is 1. The van der Waals surface area contributed by atoms with Crippen molar-refractivity contribution in [2.75, 3.05) is 26.4 Å². The molecule has 1 aromatic rings. The topological polar surface area (TPSA) is 56.5 Å². The molecular weight excluding hydrogens is 354 g/mol. The molecule has 25 heavy (non-hydrogen) atoms. The Morgan fingerprint density at radius 1 is 1.12 bits per heavy atom. The van der Waals surface area contributed by atoms with Crippen molar-refractivity contribution in [1.29, 1.82) is 5.26 Å². The van der Waals surface area contributed by atoms with Crippen molar-refractivity contribution in [1.82, 2.24) is 4.90 Å². The van der Waals surface area contributed by atoms with Gasteiger partial charge >= 0.3 is 12.4 Å². The predicted molar refractivity (Wildman–Crippen MR) is 73.1 cm³/mol. The van der Waals surface area contributed by atoms with Crippen molar-refractivity contribution in [3.8, 4) is 6.07 Å². The third-order valence-corrected chi connectivity index (χ3v) is 3.94. The van der Waals surface area contributed by atoms with Gasteiger partial charge in [-0.3, -0.25) is 4.90 Å². The third-order valence-electron chi connectivity index (χ3n) is 3.94. The molecule has 10 heteroatoms. The Labute approximate surface area is 139 Å². The SMILES string of the molecule is N#C[C@]1(CO)COCCN1Cc1cc(C(F)(F)F)cc(C(F)(F)F)c1. The van der Waals surface area contributed by atoms with Crippen LogP contribution in [0.25, 0.3) is 0 Å². The average molecular weight is 368 g/mol. The summed E-state index contributed by atoms with van der Waals surface area (Å²) >= 11 is 0. The van der Waals surface area contributed by atoms with E-state index in [2.05, 4.69) is 0 Å². The Hall–Kier alpha value is -1.83. The van der Waals surface area contributed by atoms with Crippen molar-refractivity contribution in [2.24, 2.45) is 0 Å². The molecule has 0 aliphatic carbocycles. The first kappa shape index (κ1) is 19.5. The fourth-order valence-electron chi connectivity index (χ4n) is 2.57. The number of alkyl halides is 6. The van der Waals surface area contributed by atoms with Crippen LogP contribution in [0, 0.1) is 11.3 Å². The highest BCUT2D eigenvalue weighted by molar-refractivity contribution is 5.34. The molecule has 0 amide bonds. The first-order valence-electron chi connectivity index (χ1n) is 7.15. The van der Waals surface area contributed by atoms with Crippen molar-refractivity contribution >= 4 is 0 Å². The molecule has 0 radical (unpaired) electrons. The van der Waals surface area contributed by atoms with Gasteiger partial charge in [0, 0.05) is 13.1 Å². The van der Waals surface area contributed by atoms with Crippen molar-refractivity contribution < 1.29 is 36.2 Å². The number of halogens is 6. The monoisotopic (exact) mass is 368 g/mol. The Bertz CT molecular complexity index is 635. The zero-order chi connectivity index (χ0) is 18.9. The van der Waals surface area contributed by atoms with Gasteiger partial charge in [0.15, 0.2) is 5.54 Å². The third kappa shape index (κ3) is 4.23. The lowest BCUT2D eigenvalue weighted by Crippen LogP contribution is -2.57. The van der Waals surface area contributed by atoms with Gasteiger partial charge in [-0.05, 0) is 23.8 Å². The summed E-state index contributed by atoms with van der Waals surface area (Å²) in [6, 6.07) is 3.11. The van der Waals surface area contributed by atoms with Gasteiger partial charge in [-0.1, -0.05) is 0 Å². The standard InChI is InChI=1S/C15H14F6N2O2/c16-14(17,18)11-3-10(4-12(5-11)15(19,20)21)6-23-1-2-25-9-13(23,7-22)8-24/h3-5,24H,1-2,6,8-9H2/t13-/m0/s1. The number of rotatable bonds is 3. The maximum atomic E-state index is 12.9. The molecule has 1 aliphatic heterocycles. The summed E-state index contributed by atoms with van der Waals surface area (Å²) in [5.74, 6) is 0. The highest BCUT2D eigenvalue weighted by Crippen LogP contribution is 2.37. The lowest BCUT2D eigenvalue weighted by Gasteiger charge is -2.40. The molecule has 4 nitrogen and oxygen atoms in total. The lowest BCUT2D eigenvalue weighted by atomic mass is 9.97. The van der Waals surface area contributed by atoms with Crippen LogP contribution < -0.4 is 0 Å².